The molecule has 0 atom stereocenters. The molecule has 7 heteroatoms. The standard InChI is InChI=1S/C32H24N2O5/c33-21-26(32(37)38)20-25-16-13-24(19-30(25)39-22-31(35)36)12-11-23-14-17-29(18-15-23)34(27-7-3-1-4-8-27)28-9-5-2-6-10-28/h1-20H,22H2,(H,35,36)(H,37,38)/b12-11+,26-20-. The van der Waals surface area contributed by atoms with Gasteiger partial charge in [-0.3, -0.25) is 0 Å². The summed E-state index contributed by atoms with van der Waals surface area (Å²) < 4.78 is 5.36. The second-order valence-electron chi connectivity index (χ2n) is 8.39. The predicted octanol–water partition coefficient (Wildman–Crippen LogP) is 6.78. The van der Waals surface area contributed by atoms with E-state index in [0.717, 1.165) is 28.7 Å². The Morgan fingerprint density at radius 3 is 1.85 bits per heavy atom. The Morgan fingerprint density at radius 2 is 1.31 bits per heavy atom. The van der Waals surface area contributed by atoms with Gasteiger partial charge in [0.15, 0.2) is 6.61 Å². The minimum Gasteiger partial charge on any atom is -0.481 e. The molecule has 2 N–H and O–H groups in total. The van der Waals surface area contributed by atoms with Crippen LogP contribution >= 0.6 is 0 Å². The van der Waals surface area contributed by atoms with Crippen molar-refractivity contribution in [3.05, 3.63) is 125 Å². The summed E-state index contributed by atoms with van der Waals surface area (Å²) in [6, 6.07) is 34.8. The number of ether oxygens (including phenoxy) is 1. The van der Waals surface area contributed by atoms with E-state index in [1.54, 1.807) is 24.3 Å². The molecule has 0 heterocycles. The normalized spacial score (nSPS) is 11.1. The van der Waals surface area contributed by atoms with E-state index in [1.807, 2.05) is 72.8 Å². The van der Waals surface area contributed by atoms with E-state index in [0.29, 0.717) is 11.1 Å². The molecule has 0 fully saturated rings. The van der Waals surface area contributed by atoms with E-state index in [-0.39, 0.29) is 5.75 Å². The summed E-state index contributed by atoms with van der Waals surface area (Å²) in [5.41, 5.74) is 4.53. The maximum Gasteiger partial charge on any atom is 0.346 e. The first-order valence-corrected chi connectivity index (χ1v) is 12.0. The number of nitrogens with zero attached hydrogens (tertiary/aromatic N) is 2. The molecule has 0 saturated heterocycles. The summed E-state index contributed by atoms with van der Waals surface area (Å²) in [6.07, 6.45) is 4.89. The lowest BCUT2D eigenvalue weighted by atomic mass is 10.1. The van der Waals surface area contributed by atoms with Crippen LogP contribution in [0, 0.1) is 11.3 Å². The first-order chi connectivity index (χ1) is 18.9. The number of carboxylic acid groups (broad SMARTS) is 2. The topological polar surface area (TPSA) is 111 Å². The fourth-order valence-corrected chi connectivity index (χ4v) is 3.86. The van der Waals surface area contributed by atoms with Gasteiger partial charge in [0.05, 0.1) is 0 Å². The van der Waals surface area contributed by atoms with Crippen molar-refractivity contribution in [1.29, 1.82) is 5.26 Å². The minimum absolute atomic E-state index is 0.158. The molecule has 192 valence electrons. The van der Waals surface area contributed by atoms with Gasteiger partial charge in [0.2, 0.25) is 0 Å². The van der Waals surface area contributed by atoms with Gasteiger partial charge < -0.3 is 19.8 Å². The largest absolute Gasteiger partial charge is 0.481 e. The van der Waals surface area contributed by atoms with Crippen molar-refractivity contribution in [2.45, 2.75) is 0 Å². The second kappa shape index (κ2) is 12.6. The minimum atomic E-state index is -1.38. The molecule has 0 aliphatic rings. The van der Waals surface area contributed by atoms with E-state index in [2.05, 4.69) is 29.2 Å². The summed E-state index contributed by atoms with van der Waals surface area (Å²) in [6.45, 7) is -0.607. The molecule has 0 unspecified atom stereocenters. The molecule has 0 amide bonds. The van der Waals surface area contributed by atoms with Crippen molar-refractivity contribution in [2.75, 3.05) is 11.5 Å². The van der Waals surface area contributed by atoms with Gasteiger partial charge in [-0.1, -0.05) is 72.8 Å². The van der Waals surface area contributed by atoms with Gasteiger partial charge in [0.25, 0.3) is 0 Å². The zero-order valence-corrected chi connectivity index (χ0v) is 20.8. The van der Waals surface area contributed by atoms with Gasteiger partial charge in [0, 0.05) is 22.6 Å². The first-order valence-electron chi connectivity index (χ1n) is 12.0. The molecule has 0 radical (unpaired) electrons. The quantitative estimate of drug-likeness (QED) is 0.136. The zero-order chi connectivity index (χ0) is 27.6. The van der Waals surface area contributed by atoms with Gasteiger partial charge in [-0.25, -0.2) is 9.59 Å². The fraction of sp³-hybridized carbons (Fsp3) is 0.0312. The molecular formula is C32H24N2O5. The summed E-state index contributed by atoms with van der Waals surface area (Å²) in [5.74, 6) is -2.40. The molecule has 39 heavy (non-hydrogen) atoms. The number of aliphatic carboxylic acids is 2. The van der Waals surface area contributed by atoms with Crippen LogP contribution in [0.25, 0.3) is 18.2 Å². The Kier molecular flexibility index (Phi) is 8.53. The highest BCUT2D eigenvalue weighted by Crippen LogP contribution is 2.34. The third kappa shape index (κ3) is 7.00. The molecule has 0 aliphatic heterocycles. The van der Waals surface area contributed by atoms with Crippen molar-refractivity contribution in [1.82, 2.24) is 0 Å². The Balaban J connectivity index is 1.60. The maximum atomic E-state index is 11.2. The van der Waals surface area contributed by atoms with Gasteiger partial charge in [-0.2, -0.15) is 5.26 Å². The Labute approximate surface area is 225 Å². The number of carboxylic acids is 2. The third-order valence-corrected chi connectivity index (χ3v) is 5.69. The highest BCUT2D eigenvalue weighted by Gasteiger charge is 2.12. The van der Waals surface area contributed by atoms with E-state index < -0.39 is 24.1 Å². The first kappa shape index (κ1) is 26.5. The Bertz CT molecular complexity index is 1510. The van der Waals surface area contributed by atoms with Crippen LogP contribution in [0.5, 0.6) is 5.75 Å². The van der Waals surface area contributed by atoms with Crippen LogP contribution in [0.3, 0.4) is 0 Å². The average molecular weight is 517 g/mol. The SMILES string of the molecule is N#C/C(=C/c1ccc(/C=C/c2ccc(N(c3ccccc3)c3ccccc3)cc2)cc1OCC(=O)O)C(=O)O. The number of carbonyl (C=O) groups is 2. The molecule has 4 rings (SSSR count). The monoisotopic (exact) mass is 516 g/mol. The number of para-hydroxylation sites is 2. The number of nitriles is 1. The number of rotatable bonds is 10. The summed E-state index contributed by atoms with van der Waals surface area (Å²) >= 11 is 0. The van der Waals surface area contributed by atoms with Crippen LogP contribution in [0.4, 0.5) is 17.1 Å². The summed E-state index contributed by atoms with van der Waals surface area (Å²) in [4.78, 5) is 24.4. The number of anilines is 3. The molecule has 0 bridgehead atoms. The fourth-order valence-electron chi connectivity index (χ4n) is 3.86. The van der Waals surface area contributed by atoms with E-state index in [1.165, 1.54) is 0 Å². The van der Waals surface area contributed by atoms with Crippen LogP contribution in [-0.2, 0) is 9.59 Å². The zero-order valence-electron chi connectivity index (χ0n) is 20.8. The third-order valence-electron chi connectivity index (χ3n) is 5.69. The lowest BCUT2D eigenvalue weighted by molar-refractivity contribution is -0.139. The summed E-state index contributed by atoms with van der Waals surface area (Å²) in [7, 11) is 0. The van der Waals surface area contributed by atoms with Gasteiger partial charge >= 0.3 is 11.9 Å². The van der Waals surface area contributed by atoms with Crippen molar-refractivity contribution >= 4 is 47.2 Å². The lowest BCUT2D eigenvalue weighted by Gasteiger charge is -2.25. The van der Waals surface area contributed by atoms with E-state index in [9.17, 15) is 9.59 Å². The second-order valence-corrected chi connectivity index (χ2v) is 8.39. The van der Waals surface area contributed by atoms with Crippen LogP contribution in [-0.4, -0.2) is 28.8 Å². The highest BCUT2D eigenvalue weighted by atomic mass is 16.5. The molecule has 4 aromatic rings. The van der Waals surface area contributed by atoms with E-state index in [4.69, 9.17) is 20.2 Å². The highest BCUT2D eigenvalue weighted by molar-refractivity contribution is 5.97. The number of hydrogen-bond donors (Lipinski definition) is 2. The molecule has 4 aromatic carbocycles. The average Bonchev–Trinajstić information content (AvgIpc) is 2.96. The number of benzene rings is 4. The van der Waals surface area contributed by atoms with Crippen molar-refractivity contribution < 1.29 is 24.5 Å². The molecule has 0 aromatic heterocycles. The molecule has 7 nitrogen and oxygen atoms in total. The Morgan fingerprint density at radius 1 is 0.769 bits per heavy atom. The van der Waals surface area contributed by atoms with Gasteiger partial charge in [0.1, 0.15) is 17.4 Å². The van der Waals surface area contributed by atoms with Gasteiger partial charge in [-0.05, 0) is 59.7 Å². The smallest absolute Gasteiger partial charge is 0.346 e. The van der Waals surface area contributed by atoms with Crippen LogP contribution in [0.2, 0.25) is 0 Å². The molecular weight excluding hydrogens is 492 g/mol. The van der Waals surface area contributed by atoms with Crippen molar-refractivity contribution in [3.8, 4) is 11.8 Å². The Hall–Kier alpha value is -5.61. The molecule has 0 saturated carbocycles. The lowest BCUT2D eigenvalue weighted by Crippen LogP contribution is -2.10. The maximum absolute atomic E-state index is 11.2. The predicted molar refractivity (Wildman–Crippen MR) is 151 cm³/mol. The van der Waals surface area contributed by atoms with Crippen molar-refractivity contribution in [2.24, 2.45) is 0 Å². The summed E-state index contributed by atoms with van der Waals surface area (Å²) in [5, 5.41) is 27.2. The van der Waals surface area contributed by atoms with E-state index >= 15 is 0 Å². The van der Waals surface area contributed by atoms with Crippen molar-refractivity contribution in [3.63, 3.8) is 0 Å². The van der Waals surface area contributed by atoms with Crippen LogP contribution in [0.1, 0.15) is 16.7 Å². The van der Waals surface area contributed by atoms with Crippen LogP contribution < -0.4 is 9.64 Å². The molecule has 0 spiro atoms. The van der Waals surface area contributed by atoms with Crippen LogP contribution in [0.15, 0.2) is 109 Å². The number of hydrogen-bond acceptors (Lipinski definition) is 5. The molecule has 0 aliphatic carbocycles. The van der Waals surface area contributed by atoms with Gasteiger partial charge in [-0.15, -0.1) is 0 Å².